The predicted molar refractivity (Wildman–Crippen MR) is 51.7 cm³/mol. The second kappa shape index (κ2) is 4.24. The number of hydrogen-bond donors (Lipinski definition) is 1. The second-order valence-corrected chi connectivity index (χ2v) is 3.21. The van der Waals surface area contributed by atoms with E-state index in [9.17, 15) is 0 Å². The van der Waals surface area contributed by atoms with Crippen LogP contribution in [0.1, 0.15) is 11.1 Å². The molecule has 0 atom stereocenters. The summed E-state index contributed by atoms with van der Waals surface area (Å²) in [6.07, 6.45) is 0. The van der Waals surface area contributed by atoms with Crippen LogP contribution in [0.15, 0.2) is 24.3 Å². The first-order chi connectivity index (χ1) is 5.68. The van der Waals surface area contributed by atoms with Gasteiger partial charge in [-0.1, -0.05) is 29.8 Å². The number of aryl methyl sites for hydroxylation is 1. The Morgan fingerprint density at radius 2 is 1.75 bits per heavy atom. The molecule has 66 valence electrons. The molecule has 1 N–H and O–H groups in total. The van der Waals surface area contributed by atoms with E-state index < -0.39 is 0 Å². The van der Waals surface area contributed by atoms with Crippen LogP contribution in [-0.2, 0) is 6.54 Å². The lowest BCUT2D eigenvalue weighted by molar-refractivity contribution is 0.286. The maximum atomic E-state index is 3.21. The van der Waals surface area contributed by atoms with Gasteiger partial charge in [0.25, 0.3) is 0 Å². The molecule has 0 aliphatic carbocycles. The quantitative estimate of drug-likeness (QED) is 0.682. The van der Waals surface area contributed by atoms with Gasteiger partial charge >= 0.3 is 0 Å². The Hall–Kier alpha value is -0.860. The summed E-state index contributed by atoms with van der Waals surface area (Å²) in [7, 11) is 3.99. The summed E-state index contributed by atoms with van der Waals surface area (Å²) < 4.78 is 0. The van der Waals surface area contributed by atoms with Crippen LogP contribution in [0.2, 0.25) is 0 Å². The predicted octanol–water partition coefficient (Wildman–Crippen LogP) is 1.56. The van der Waals surface area contributed by atoms with Crippen molar-refractivity contribution in [2.75, 3.05) is 14.1 Å². The van der Waals surface area contributed by atoms with Gasteiger partial charge in [0.1, 0.15) is 0 Å². The lowest BCUT2D eigenvalue weighted by Crippen LogP contribution is -2.29. The van der Waals surface area contributed by atoms with Crippen LogP contribution >= 0.6 is 0 Å². The highest BCUT2D eigenvalue weighted by molar-refractivity contribution is 5.20. The third-order valence-electron chi connectivity index (χ3n) is 1.72. The minimum Gasteiger partial charge on any atom is -0.251 e. The van der Waals surface area contributed by atoms with Crippen molar-refractivity contribution in [1.29, 1.82) is 0 Å². The summed E-state index contributed by atoms with van der Waals surface area (Å²) in [6, 6.07) is 8.55. The normalized spacial score (nSPS) is 10.7. The van der Waals surface area contributed by atoms with Crippen molar-refractivity contribution in [3.8, 4) is 0 Å². The summed E-state index contributed by atoms with van der Waals surface area (Å²) in [5.41, 5.74) is 5.84. The summed E-state index contributed by atoms with van der Waals surface area (Å²) in [5.74, 6) is 0. The average Bonchev–Trinajstić information content (AvgIpc) is 2.03. The fourth-order valence-electron chi connectivity index (χ4n) is 0.955. The van der Waals surface area contributed by atoms with Crippen molar-refractivity contribution in [1.82, 2.24) is 10.4 Å². The van der Waals surface area contributed by atoms with Crippen LogP contribution in [-0.4, -0.2) is 19.1 Å². The lowest BCUT2D eigenvalue weighted by atomic mass is 10.1. The molecule has 0 heterocycles. The Morgan fingerprint density at radius 3 is 2.25 bits per heavy atom. The Balaban J connectivity index is 2.48. The maximum Gasteiger partial charge on any atom is 0.0353 e. The highest BCUT2D eigenvalue weighted by atomic mass is 15.5. The zero-order valence-electron chi connectivity index (χ0n) is 7.96. The molecule has 0 radical (unpaired) electrons. The van der Waals surface area contributed by atoms with E-state index in [0.717, 1.165) is 6.54 Å². The number of benzene rings is 1. The molecule has 1 aromatic carbocycles. The molecule has 1 aromatic rings. The molecule has 0 saturated carbocycles. The Morgan fingerprint density at radius 1 is 1.17 bits per heavy atom. The van der Waals surface area contributed by atoms with Crippen LogP contribution in [0, 0.1) is 6.92 Å². The van der Waals surface area contributed by atoms with Gasteiger partial charge in [0.2, 0.25) is 0 Å². The van der Waals surface area contributed by atoms with E-state index in [0.29, 0.717) is 0 Å². The molecule has 1 rings (SSSR count). The molecule has 0 unspecified atom stereocenters. The van der Waals surface area contributed by atoms with Gasteiger partial charge < -0.3 is 0 Å². The molecule has 0 aromatic heterocycles. The Labute approximate surface area is 74.2 Å². The number of rotatable bonds is 3. The molecule has 0 aliphatic heterocycles. The van der Waals surface area contributed by atoms with Gasteiger partial charge in [-0.25, -0.2) is 0 Å². The number of nitrogens with zero attached hydrogens (tertiary/aromatic N) is 1. The van der Waals surface area contributed by atoms with E-state index in [1.54, 1.807) is 0 Å². The summed E-state index contributed by atoms with van der Waals surface area (Å²) in [4.78, 5) is 0. The van der Waals surface area contributed by atoms with Crippen LogP contribution in [0.25, 0.3) is 0 Å². The molecule has 0 saturated heterocycles. The minimum atomic E-state index is 0.896. The minimum absolute atomic E-state index is 0.896. The van der Waals surface area contributed by atoms with Crippen LogP contribution in [0.3, 0.4) is 0 Å². The Bertz CT molecular complexity index is 226. The summed E-state index contributed by atoms with van der Waals surface area (Å²) in [5, 5.41) is 1.96. The molecule has 0 aliphatic rings. The van der Waals surface area contributed by atoms with Crippen LogP contribution < -0.4 is 5.43 Å². The topological polar surface area (TPSA) is 15.3 Å². The maximum absolute atomic E-state index is 3.21. The van der Waals surface area contributed by atoms with Crippen LogP contribution in [0.5, 0.6) is 0 Å². The van der Waals surface area contributed by atoms with Gasteiger partial charge in [-0.05, 0) is 12.5 Å². The van der Waals surface area contributed by atoms with Crippen molar-refractivity contribution in [3.63, 3.8) is 0 Å². The van der Waals surface area contributed by atoms with E-state index in [1.807, 2.05) is 19.1 Å². The van der Waals surface area contributed by atoms with E-state index in [4.69, 9.17) is 0 Å². The summed E-state index contributed by atoms with van der Waals surface area (Å²) >= 11 is 0. The van der Waals surface area contributed by atoms with E-state index in [1.165, 1.54) is 11.1 Å². The monoisotopic (exact) mass is 164 g/mol. The first-order valence-electron chi connectivity index (χ1n) is 4.15. The van der Waals surface area contributed by atoms with Crippen molar-refractivity contribution in [2.24, 2.45) is 0 Å². The smallest absolute Gasteiger partial charge is 0.0353 e. The van der Waals surface area contributed by atoms with E-state index in [-0.39, 0.29) is 0 Å². The molecule has 0 bridgehead atoms. The molecule has 0 fully saturated rings. The molecular weight excluding hydrogens is 148 g/mol. The van der Waals surface area contributed by atoms with Crippen molar-refractivity contribution in [2.45, 2.75) is 13.5 Å². The molecular formula is C10H16N2. The van der Waals surface area contributed by atoms with Crippen LogP contribution in [0.4, 0.5) is 0 Å². The highest BCUT2D eigenvalue weighted by Gasteiger charge is 1.91. The second-order valence-electron chi connectivity index (χ2n) is 3.21. The average molecular weight is 164 g/mol. The number of hydrazine groups is 1. The standard InChI is InChI=1S/C10H16N2/c1-9-4-6-10(7-5-9)8-11-12(2)3/h4-7,11H,8H2,1-3H3. The Kier molecular flexibility index (Phi) is 3.26. The number of nitrogens with one attached hydrogen (secondary N) is 1. The van der Waals surface area contributed by atoms with Gasteiger partial charge in [-0.3, -0.25) is 10.4 Å². The molecule has 0 spiro atoms. The number of hydrogen-bond acceptors (Lipinski definition) is 2. The molecule has 0 amide bonds. The van der Waals surface area contributed by atoms with Crippen molar-refractivity contribution >= 4 is 0 Å². The summed E-state index contributed by atoms with van der Waals surface area (Å²) in [6.45, 7) is 3.00. The molecule has 2 nitrogen and oxygen atoms in total. The largest absolute Gasteiger partial charge is 0.251 e. The molecule has 2 heteroatoms. The fourth-order valence-corrected chi connectivity index (χ4v) is 0.955. The third-order valence-corrected chi connectivity index (χ3v) is 1.72. The zero-order valence-corrected chi connectivity index (χ0v) is 7.96. The van der Waals surface area contributed by atoms with Crippen molar-refractivity contribution in [3.05, 3.63) is 35.4 Å². The zero-order chi connectivity index (χ0) is 8.97. The van der Waals surface area contributed by atoms with Gasteiger partial charge in [0.05, 0.1) is 0 Å². The van der Waals surface area contributed by atoms with Crippen molar-refractivity contribution < 1.29 is 0 Å². The third kappa shape index (κ3) is 3.03. The highest BCUT2D eigenvalue weighted by Crippen LogP contribution is 2.02. The van der Waals surface area contributed by atoms with E-state index >= 15 is 0 Å². The lowest BCUT2D eigenvalue weighted by Gasteiger charge is -2.11. The van der Waals surface area contributed by atoms with Gasteiger partial charge in [-0.15, -0.1) is 0 Å². The SMILES string of the molecule is Cc1ccc(CNN(C)C)cc1. The van der Waals surface area contributed by atoms with E-state index in [2.05, 4.69) is 36.6 Å². The first kappa shape index (κ1) is 9.23. The van der Waals surface area contributed by atoms with Gasteiger partial charge in [-0.2, -0.15) is 0 Å². The molecule has 12 heavy (non-hydrogen) atoms. The first-order valence-corrected chi connectivity index (χ1v) is 4.15. The van der Waals surface area contributed by atoms with Gasteiger partial charge in [0, 0.05) is 20.6 Å². The fraction of sp³-hybridized carbons (Fsp3) is 0.400. The van der Waals surface area contributed by atoms with Gasteiger partial charge in [0.15, 0.2) is 0 Å².